The van der Waals surface area contributed by atoms with Crippen molar-refractivity contribution in [3.63, 3.8) is 0 Å². The van der Waals surface area contributed by atoms with Crippen LogP contribution >= 0.6 is 0 Å². The predicted molar refractivity (Wildman–Crippen MR) is 77.9 cm³/mol. The first-order valence-corrected chi connectivity index (χ1v) is 6.67. The number of aliphatic imine (C=N–C) groups is 1. The van der Waals surface area contributed by atoms with E-state index >= 15 is 0 Å². The van der Waals surface area contributed by atoms with Gasteiger partial charge in [-0.05, 0) is 13.3 Å². The van der Waals surface area contributed by atoms with Crippen LogP contribution < -0.4 is 11.1 Å². The Morgan fingerprint density at radius 1 is 1.53 bits per heavy atom. The second-order valence-electron chi connectivity index (χ2n) is 6.10. The van der Waals surface area contributed by atoms with Gasteiger partial charge in [0.2, 0.25) is 5.91 Å². The average molecular weight is 273 g/mol. The summed E-state index contributed by atoms with van der Waals surface area (Å²) in [5.74, 6) is -0.415. The van der Waals surface area contributed by atoms with Crippen molar-refractivity contribution >= 4 is 12.2 Å². The van der Waals surface area contributed by atoms with Gasteiger partial charge in [0.05, 0.1) is 39.6 Å². The van der Waals surface area contributed by atoms with Crippen molar-refractivity contribution in [2.75, 3.05) is 34.2 Å². The summed E-state index contributed by atoms with van der Waals surface area (Å²) in [6.45, 7) is 5.02. The molecular weight excluding hydrogens is 244 g/mol. The Morgan fingerprint density at radius 2 is 2.11 bits per heavy atom. The Balaban J connectivity index is 3.97. The number of hydrogen-bond donors (Lipinski definition) is 3. The van der Waals surface area contributed by atoms with Crippen LogP contribution in [0.4, 0.5) is 0 Å². The Labute approximate surface area is 116 Å². The van der Waals surface area contributed by atoms with E-state index in [9.17, 15) is 9.90 Å². The smallest absolute Gasteiger partial charge is 0.244 e. The van der Waals surface area contributed by atoms with Gasteiger partial charge in [-0.2, -0.15) is 0 Å². The molecule has 6 heteroatoms. The topological polar surface area (TPSA) is 87.7 Å². The van der Waals surface area contributed by atoms with E-state index in [0.29, 0.717) is 13.0 Å². The van der Waals surface area contributed by atoms with Crippen molar-refractivity contribution in [1.82, 2.24) is 5.32 Å². The molecule has 0 heterocycles. The zero-order valence-corrected chi connectivity index (χ0v) is 12.8. The normalized spacial score (nSPS) is 17.2. The molecule has 0 bridgehead atoms. The molecular formula is C13H29N4O2+. The molecule has 4 N–H and O–H groups in total. The number of nitrogens with one attached hydrogen (secondary N) is 1. The van der Waals surface area contributed by atoms with Gasteiger partial charge in [-0.1, -0.05) is 6.92 Å². The second kappa shape index (κ2) is 7.57. The molecule has 0 rings (SSSR count). The molecule has 0 aliphatic carbocycles. The van der Waals surface area contributed by atoms with Crippen molar-refractivity contribution < 1.29 is 14.4 Å². The number of rotatable bonds is 8. The molecule has 0 aromatic heterocycles. The van der Waals surface area contributed by atoms with Gasteiger partial charge < -0.3 is 20.6 Å². The third kappa shape index (κ3) is 7.92. The number of nitrogens with two attached hydrogens (primary N) is 1. The van der Waals surface area contributed by atoms with E-state index in [1.165, 1.54) is 6.34 Å². The fourth-order valence-electron chi connectivity index (χ4n) is 1.40. The molecule has 19 heavy (non-hydrogen) atoms. The maximum atomic E-state index is 11.7. The van der Waals surface area contributed by atoms with Crippen molar-refractivity contribution in [2.24, 2.45) is 10.7 Å². The first-order chi connectivity index (χ1) is 8.60. The molecule has 112 valence electrons. The number of quaternary nitrogens is 1. The molecule has 2 unspecified atom stereocenters. The van der Waals surface area contributed by atoms with Crippen molar-refractivity contribution in [2.45, 2.75) is 38.3 Å². The molecule has 6 nitrogen and oxygen atoms in total. The summed E-state index contributed by atoms with van der Waals surface area (Å²) in [6.07, 6.45) is 2.74. The van der Waals surface area contributed by atoms with Crippen LogP contribution in [0.5, 0.6) is 0 Å². The largest absolute Gasteiger partial charge is 0.388 e. The predicted octanol–water partition coefficient (Wildman–Crippen LogP) is -0.284. The average Bonchev–Trinajstić information content (AvgIpc) is 2.30. The van der Waals surface area contributed by atoms with Gasteiger partial charge in [0.1, 0.15) is 6.04 Å². The van der Waals surface area contributed by atoms with Crippen LogP contribution in [0.25, 0.3) is 0 Å². The van der Waals surface area contributed by atoms with Crippen LogP contribution in [0.3, 0.4) is 0 Å². The lowest BCUT2D eigenvalue weighted by Crippen LogP contribution is -2.54. The summed E-state index contributed by atoms with van der Waals surface area (Å²) in [5, 5.41) is 12.4. The van der Waals surface area contributed by atoms with Crippen molar-refractivity contribution in [1.29, 1.82) is 0 Å². The number of amides is 1. The number of carbonyl (C=O) groups excluding carboxylic acids is 1. The quantitative estimate of drug-likeness (QED) is 0.246. The molecule has 0 aliphatic rings. The molecule has 0 aromatic rings. The Bertz CT molecular complexity index is 308. The second-order valence-corrected chi connectivity index (χ2v) is 6.10. The monoisotopic (exact) mass is 273 g/mol. The van der Waals surface area contributed by atoms with E-state index < -0.39 is 17.6 Å². The van der Waals surface area contributed by atoms with Gasteiger partial charge in [-0.15, -0.1) is 0 Å². The fourth-order valence-corrected chi connectivity index (χ4v) is 1.40. The van der Waals surface area contributed by atoms with Gasteiger partial charge in [0, 0.05) is 13.0 Å². The summed E-state index contributed by atoms with van der Waals surface area (Å²) in [5.41, 5.74) is 4.48. The van der Waals surface area contributed by atoms with Crippen molar-refractivity contribution in [3.05, 3.63) is 0 Å². The number of aliphatic hydroxyl groups is 1. The highest BCUT2D eigenvalue weighted by Gasteiger charge is 2.32. The molecule has 1 amide bonds. The first kappa shape index (κ1) is 18.0. The highest BCUT2D eigenvalue weighted by molar-refractivity contribution is 5.91. The molecule has 0 spiro atoms. The van der Waals surface area contributed by atoms with E-state index in [1.807, 2.05) is 0 Å². The number of carbonyl (C=O) groups is 1. The van der Waals surface area contributed by atoms with Crippen LogP contribution in [0.15, 0.2) is 4.99 Å². The van der Waals surface area contributed by atoms with Gasteiger partial charge in [0.15, 0.2) is 0 Å². The zero-order chi connectivity index (χ0) is 15.1. The van der Waals surface area contributed by atoms with Gasteiger partial charge >= 0.3 is 0 Å². The Morgan fingerprint density at radius 3 is 2.58 bits per heavy atom. The van der Waals surface area contributed by atoms with E-state index in [4.69, 9.17) is 5.73 Å². The molecule has 0 radical (unpaired) electrons. The minimum absolute atomic E-state index is 0.415. The van der Waals surface area contributed by atoms with Gasteiger partial charge in [0.25, 0.3) is 0 Å². The summed E-state index contributed by atoms with van der Waals surface area (Å²) in [7, 11) is 6.37. The van der Waals surface area contributed by atoms with Gasteiger partial charge in [-0.25, -0.2) is 0 Å². The summed E-state index contributed by atoms with van der Waals surface area (Å²) < 4.78 is 0.895. The van der Waals surface area contributed by atoms with E-state index in [0.717, 1.165) is 17.4 Å². The standard InChI is InChI=1S/C13H28N4O2/c1-6-13(2,19)11(14)12(18)16-10-15-8-7-9-17(3,4)5/h10-11,19H,6-9,14H2,1-5H3/p+1. The molecule has 0 aliphatic heterocycles. The molecule has 0 fully saturated rings. The SMILES string of the molecule is CCC(C)(O)C(N)C(=O)NC=NCCC[N+](C)(C)C. The maximum absolute atomic E-state index is 11.7. The maximum Gasteiger partial charge on any atom is 0.244 e. The van der Waals surface area contributed by atoms with Crippen LogP contribution in [-0.2, 0) is 4.79 Å². The minimum Gasteiger partial charge on any atom is -0.388 e. The lowest BCUT2D eigenvalue weighted by atomic mass is 9.94. The Hall–Kier alpha value is -0.980. The fraction of sp³-hybridized carbons (Fsp3) is 0.846. The molecule has 2 atom stereocenters. The minimum atomic E-state index is -1.19. The van der Waals surface area contributed by atoms with Crippen LogP contribution in [-0.4, -0.2) is 67.7 Å². The summed E-state index contributed by atoms with van der Waals surface area (Å²) >= 11 is 0. The lowest BCUT2D eigenvalue weighted by molar-refractivity contribution is -0.870. The number of hydrogen-bond acceptors (Lipinski definition) is 4. The van der Waals surface area contributed by atoms with Crippen LogP contribution in [0.2, 0.25) is 0 Å². The number of nitrogens with zero attached hydrogens (tertiary/aromatic N) is 2. The van der Waals surface area contributed by atoms with E-state index in [-0.39, 0.29) is 0 Å². The van der Waals surface area contributed by atoms with E-state index in [2.05, 4.69) is 31.5 Å². The van der Waals surface area contributed by atoms with Gasteiger partial charge in [-0.3, -0.25) is 9.79 Å². The zero-order valence-electron chi connectivity index (χ0n) is 12.8. The highest BCUT2D eigenvalue weighted by atomic mass is 16.3. The van der Waals surface area contributed by atoms with Crippen LogP contribution in [0, 0.1) is 0 Å². The van der Waals surface area contributed by atoms with Crippen molar-refractivity contribution in [3.8, 4) is 0 Å². The van der Waals surface area contributed by atoms with E-state index in [1.54, 1.807) is 13.8 Å². The summed E-state index contributed by atoms with van der Waals surface area (Å²) in [6, 6.07) is -0.949. The summed E-state index contributed by atoms with van der Waals surface area (Å²) in [4.78, 5) is 15.8. The third-order valence-corrected chi connectivity index (χ3v) is 3.08. The molecule has 0 saturated carbocycles. The third-order valence-electron chi connectivity index (χ3n) is 3.08. The Kier molecular flexibility index (Phi) is 7.18. The molecule has 0 aromatic carbocycles. The lowest BCUT2D eigenvalue weighted by Gasteiger charge is -2.27. The highest BCUT2D eigenvalue weighted by Crippen LogP contribution is 2.12. The first-order valence-electron chi connectivity index (χ1n) is 6.67. The van der Waals surface area contributed by atoms with Crippen LogP contribution in [0.1, 0.15) is 26.7 Å². The molecule has 0 saturated heterocycles.